The van der Waals surface area contributed by atoms with Crippen LogP contribution in [0, 0.1) is 5.92 Å². The van der Waals surface area contributed by atoms with Crippen LogP contribution in [0.3, 0.4) is 0 Å². The second-order valence-corrected chi connectivity index (χ2v) is 10.9. The minimum Gasteiger partial charge on any atom is -0.496 e. The van der Waals surface area contributed by atoms with Gasteiger partial charge in [0.25, 0.3) is 0 Å². The monoisotopic (exact) mass is 533 g/mol. The third-order valence-electron chi connectivity index (χ3n) is 5.98. The Labute approximate surface area is 225 Å². The van der Waals surface area contributed by atoms with Gasteiger partial charge in [0.2, 0.25) is 5.91 Å². The molecule has 0 spiro atoms. The third kappa shape index (κ3) is 8.64. The van der Waals surface area contributed by atoms with Crippen LogP contribution in [-0.2, 0) is 19.7 Å². The first kappa shape index (κ1) is 30.5. The molecule has 0 bridgehead atoms. The van der Waals surface area contributed by atoms with E-state index in [2.05, 4.69) is 39.9 Å². The summed E-state index contributed by atoms with van der Waals surface area (Å²) in [6, 6.07) is 8.83. The molecule has 0 saturated carbocycles. The lowest BCUT2D eigenvalue weighted by atomic mass is 9.84. The van der Waals surface area contributed by atoms with E-state index in [-0.39, 0.29) is 23.7 Å². The Morgan fingerprint density at radius 3 is 2.27 bits per heavy atom. The van der Waals surface area contributed by atoms with Crippen molar-refractivity contribution < 1.29 is 28.5 Å². The van der Waals surface area contributed by atoms with Gasteiger partial charge < -0.3 is 24.3 Å². The molecule has 8 heteroatoms. The molecular weight excluding hydrogens is 494 g/mol. The molecule has 37 heavy (non-hydrogen) atoms. The largest absolute Gasteiger partial charge is 0.496 e. The van der Waals surface area contributed by atoms with E-state index in [1.807, 2.05) is 12.1 Å². The Morgan fingerprint density at radius 2 is 1.70 bits per heavy atom. The predicted octanol–water partition coefficient (Wildman–Crippen LogP) is 6.62. The highest BCUT2D eigenvalue weighted by Gasteiger charge is 2.25. The molecular formula is C29H40ClNO6. The number of esters is 1. The summed E-state index contributed by atoms with van der Waals surface area (Å²) >= 11 is 6.55. The van der Waals surface area contributed by atoms with Crippen LogP contribution in [0.5, 0.6) is 11.5 Å². The maximum Gasteiger partial charge on any atom is 0.337 e. The number of carbonyl (C=O) groups excluding carboxylic acids is 2. The lowest BCUT2D eigenvalue weighted by Gasteiger charge is -2.25. The van der Waals surface area contributed by atoms with Gasteiger partial charge in [0, 0.05) is 25.3 Å². The average molecular weight is 534 g/mol. The summed E-state index contributed by atoms with van der Waals surface area (Å²) in [5, 5.41) is 3.49. The number of carbonyl (C=O) groups is 2. The molecule has 0 aliphatic heterocycles. The summed E-state index contributed by atoms with van der Waals surface area (Å²) < 4.78 is 21.3. The molecule has 0 aromatic heterocycles. The average Bonchev–Trinajstić information content (AvgIpc) is 2.82. The molecule has 0 heterocycles. The van der Waals surface area contributed by atoms with Gasteiger partial charge in [-0.05, 0) is 53.0 Å². The van der Waals surface area contributed by atoms with Crippen LogP contribution in [0.2, 0.25) is 5.02 Å². The number of amides is 1. The highest BCUT2D eigenvalue weighted by atomic mass is 35.5. The summed E-state index contributed by atoms with van der Waals surface area (Å²) in [7, 11) is 4.53. The fraction of sp³-hybridized carbons (Fsp3) is 0.517. The van der Waals surface area contributed by atoms with E-state index < -0.39 is 5.97 Å². The Balaban J connectivity index is 2.39. The van der Waals surface area contributed by atoms with Crippen molar-refractivity contribution in [2.45, 2.75) is 58.8 Å². The maximum absolute atomic E-state index is 13.4. The number of rotatable bonds is 12. The van der Waals surface area contributed by atoms with Crippen molar-refractivity contribution >= 4 is 29.2 Å². The molecule has 0 saturated heterocycles. The molecule has 1 atom stereocenters. The molecule has 0 fully saturated rings. The number of benzene rings is 2. The summed E-state index contributed by atoms with van der Waals surface area (Å²) in [6.45, 7) is 11.2. The smallest absolute Gasteiger partial charge is 0.337 e. The number of methoxy groups -OCH3 is 3. The first-order chi connectivity index (χ1) is 17.4. The lowest BCUT2D eigenvalue weighted by molar-refractivity contribution is -0.116. The number of hydrogen-bond acceptors (Lipinski definition) is 6. The van der Waals surface area contributed by atoms with Crippen LogP contribution in [-0.4, -0.2) is 46.4 Å². The van der Waals surface area contributed by atoms with Crippen molar-refractivity contribution in [1.82, 2.24) is 0 Å². The Kier molecular flexibility index (Phi) is 11.3. The van der Waals surface area contributed by atoms with E-state index in [9.17, 15) is 9.59 Å². The van der Waals surface area contributed by atoms with Crippen LogP contribution in [0.4, 0.5) is 5.69 Å². The molecule has 1 N–H and O–H groups in total. The number of nitrogens with one attached hydrogen (secondary N) is 1. The molecule has 2 rings (SSSR count). The second-order valence-electron chi connectivity index (χ2n) is 10.4. The van der Waals surface area contributed by atoms with Gasteiger partial charge in [0.1, 0.15) is 18.1 Å². The minimum absolute atomic E-state index is 0.151. The Morgan fingerprint density at radius 1 is 1.00 bits per heavy atom. The van der Waals surface area contributed by atoms with Crippen LogP contribution >= 0.6 is 11.6 Å². The van der Waals surface area contributed by atoms with Gasteiger partial charge in [-0.25, -0.2) is 4.79 Å². The van der Waals surface area contributed by atoms with E-state index in [0.29, 0.717) is 46.9 Å². The van der Waals surface area contributed by atoms with Crippen LogP contribution < -0.4 is 14.8 Å². The Bertz CT molecular complexity index is 1080. The minimum atomic E-state index is -0.458. The first-order valence-electron chi connectivity index (χ1n) is 12.4. The van der Waals surface area contributed by atoms with Crippen molar-refractivity contribution in [3.63, 3.8) is 0 Å². The van der Waals surface area contributed by atoms with Crippen molar-refractivity contribution in [3.05, 3.63) is 52.0 Å². The van der Waals surface area contributed by atoms with Gasteiger partial charge in [0.05, 0.1) is 31.4 Å². The van der Waals surface area contributed by atoms with E-state index in [0.717, 1.165) is 17.5 Å². The lowest BCUT2D eigenvalue weighted by Crippen LogP contribution is -2.21. The zero-order valence-electron chi connectivity index (χ0n) is 23.2. The topological polar surface area (TPSA) is 83.1 Å². The van der Waals surface area contributed by atoms with E-state index in [4.69, 9.17) is 30.5 Å². The van der Waals surface area contributed by atoms with Crippen molar-refractivity contribution in [3.8, 4) is 11.5 Å². The van der Waals surface area contributed by atoms with Crippen molar-refractivity contribution in [2.75, 3.05) is 39.9 Å². The highest BCUT2D eigenvalue weighted by Crippen LogP contribution is 2.40. The van der Waals surface area contributed by atoms with E-state index >= 15 is 0 Å². The number of halogens is 1. The molecule has 1 unspecified atom stereocenters. The van der Waals surface area contributed by atoms with Gasteiger partial charge in [-0.1, -0.05) is 52.3 Å². The molecule has 2 aromatic carbocycles. The van der Waals surface area contributed by atoms with E-state index in [1.165, 1.54) is 7.11 Å². The maximum atomic E-state index is 13.4. The predicted molar refractivity (Wildman–Crippen MR) is 147 cm³/mol. The number of hydrogen-bond donors (Lipinski definition) is 1. The SMILES string of the molecule is COCCOc1cc(OC)c(C(CC(=O)Nc2cc(C(=O)OC)ccc2C(C)(C)C)CC(C)C)cc1Cl. The van der Waals surface area contributed by atoms with Gasteiger partial charge in [0.15, 0.2) is 0 Å². The van der Waals surface area contributed by atoms with Gasteiger partial charge in [-0.2, -0.15) is 0 Å². The highest BCUT2D eigenvalue weighted by molar-refractivity contribution is 6.32. The zero-order chi connectivity index (χ0) is 27.8. The Hall–Kier alpha value is -2.77. The summed E-state index contributed by atoms with van der Waals surface area (Å²) in [5.41, 5.74) is 2.49. The van der Waals surface area contributed by atoms with Crippen molar-refractivity contribution in [2.24, 2.45) is 5.92 Å². The van der Waals surface area contributed by atoms with Gasteiger partial charge >= 0.3 is 5.97 Å². The molecule has 2 aromatic rings. The normalized spacial score (nSPS) is 12.3. The number of ether oxygens (including phenoxy) is 4. The standard InChI is InChI=1S/C29H40ClNO6/c1-18(2)13-20(21-16-23(30)26(17-25(21)35-7)37-12-11-34-6)15-27(32)31-24-14-19(28(33)36-8)9-10-22(24)29(3,4)5/h9-10,14,16-18,20H,11-13,15H2,1-8H3,(H,31,32). The summed E-state index contributed by atoms with van der Waals surface area (Å²) in [4.78, 5) is 25.5. The molecule has 1 amide bonds. The molecule has 7 nitrogen and oxygen atoms in total. The van der Waals surface area contributed by atoms with Crippen LogP contribution in [0.1, 0.15) is 74.9 Å². The fourth-order valence-corrected chi connectivity index (χ4v) is 4.48. The van der Waals surface area contributed by atoms with Crippen LogP contribution in [0.15, 0.2) is 30.3 Å². The second kappa shape index (κ2) is 13.7. The molecule has 0 aliphatic carbocycles. The molecule has 0 aliphatic rings. The van der Waals surface area contributed by atoms with Gasteiger partial charge in [-0.3, -0.25) is 4.79 Å². The van der Waals surface area contributed by atoms with E-state index in [1.54, 1.807) is 32.4 Å². The summed E-state index contributed by atoms with van der Waals surface area (Å²) in [6.07, 6.45) is 0.957. The molecule has 204 valence electrons. The summed E-state index contributed by atoms with van der Waals surface area (Å²) in [5.74, 6) is 0.659. The fourth-order valence-electron chi connectivity index (χ4n) is 4.25. The first-order valence-corrected chi connectivity index (χ1v) is 12.8. The third-order valence-corrected chi connectivity index (χ3v) is 6.27. The van der Waals surface area contributed by atoms with Gasteiger partial charge in [-0.15, -0.1) is 0 Å². The number of anilines is 1. The van der Waals surface area contributed by atoms with Crippen LogP contribution in [0.25, 0.3) is 0 Å². The zero-order valence-corrected chi connectivity index (χ0v) is 24.0. The van der Waals surface area contributed by atoms with Crippen molar-refractivity contribution in [1.29, 1.82) is 0 Å². The molecule has 0 radical (unpaired) electrons. The quantitative estimate of drug-likeness (QED) is 0.244.